The van der Waals surface area contributed by atoms with Gasteiger partial charge in [-0.1, -0.05) is 18.2 Å². The molecule has 0 saturated carbocycles. The summed E-state index contributed by atoms with van der Waals surface area (Å²) in [6.45, 7) is 0. The molecule has 0 N–H and O–H groups in total. The molecule has 136 valence electrons. The summed E-state index contributed by atoms with van der Waals surface area (Å²) in [6.07, 6.45) is 3.90. The minimum atomic E-state index is 0.570. The van der Waals surface area contributed by atoms with Crippen LogP contribution in [-0.4, -0.2) is 37.1 Å². The van der Waals surface area contributed by atoms with E-state index in [1.54, 1.807) is 33.1 Å². The van der Waals surface area contributed by atoms with Crippen LogP contribution in [0.2, 0.25) is 0 Å². The van der Waals surface area contributed by atoms with E-state index in [0.717, 1.165) is 22.5 Å². The van der Waals surface area contributed by atoms with Gasteiger partial charge in [-0.2, -0.15) is 0 Å². The summed E-state index contributed by atoms with van der Waals surface area (Å²) in [5.41, 5.74) is 3.97. The first kappa shape index (κ1) is 18.2. The summed E-state index contributed by atoms with van der Waals surface area (Å²) in [7, 11) is 6.83. The normalized spacial score (nSPS) is 10.7. The van der Waals surface area contributed by atoms with E-state index in [1.807, 2.05) is 42.2 Å². The lowest BCUT2D eigenvalue weighted by Gasteiger charge is -2.15. The van der Waals surface area contributed by atoms with E-state index in [1.165, 1.54) is 4.90 Å². The van der Waals surface area contributed by atoms with Crippen LogP contribution in [0, 0.1) is 0 Å². The molecule has 0 fully saturated rings. The molecular weight excluding hydrogens is 348 g/mol. The molecule has 0 aliphatic carbocycles. The second kappa shape index (κ2) is 7.74. The van der Waals surface area contributed by atoms with Crippen LogP contribution in [-0.2, 0) is 7.05 Å². The molecule has 0 bridgehead atoms. The van der Waals surface area contributed by atoms with Crippen LogP contribution in [0.1, 0.15) is 0 Å². The standard InChI is InChI=1S/C20H22N2O3S/c1-22-12-21-18(19(22)14-8-6-7-9-17(14)26-5)13-10-15(23-2)20(25-4)16(11-13)24-3/h6-12H,1-5H3. The van der Waals surface area contributed by atoms with Crippen LogP contribution in [0.15, 0.2) is 47.6 Å². The van der Waals surface area contributed by atoms with Gasteiger partial charge in [-0.3, -0.25) is 0 Å². The summed E-state index contributed by atoms with van der Waals surface area (Å²) in [4.78, 5) is 5.84. The number of imidazole rings is 1. The van der Waals surface area contributed by atoms with Gasteiger partial charge in [-0.25, -0.2) is 4.98 Å². The zero-order valence-corrected chi connectivity index (χ0v) is 16.4. The molecular formula is C20H22N2O3S. The first-order chi connectivity index (χ1) is 12.6. The second-order valence-electron chi connectivity index (χ2n) is 5.67. The Morgan fingerprint density at radius 1 is 0.962 bits per heavy atom. The third-order valence-electron chi connectivity index (χ3n) is 4.24. The SMILES string of the molecule is COc1cc(-c2ncn(C)c2-c2ccccc2SC)cc(OC)c1OC. The topological polar surface area (TPSA) is 45.5 Å². The van der Waals surface area contributed by atoms with Gasteiger partial charge >= 0.3 is 0 Å². The van der Waals surface area contributed by atoms with Crippen LogP contribution in [0.4, 0.5) is 0 Å². The van der Waals surface area contributed by atoms with Crippen molar-refractivity contribution in [3.63, 3.8) is 0 Å². The molecule has 0 radical (unpaired) electrons. The van der Waals surface area contributed by atoms with Gasteiger partial charge in [-0.15, -0.1) is 11.8 Å². The maximum absolute atomic E-state index is 5.49. The fourth-order valence-electron chi connectivity index (χ4n) is 3.02. The molecule has 26 heavy (non-hydrogen) atoms. The van der Waals surface area contributed by atoms with Crippen molar-refractivity contribution in [1.82, 2.24) is 9.55 Å². The monoisotopic (exact) mass is 370 g/mol. The number of hydrogen-bond acceptors (Lipinski definition) is 5. The predicted molar refractivity (Wildman–Crippen MR) is 106 cm³/mol. The van der Waals surface area contributed by atoms with E-state index >= 15 is 0 Å². The van der Waals surface area contributed by atoms with Gasteiger partial charge in [0, 0.05) is 23.1 Å². The molecule has 5 nitrogen and oxygen atoms in total. The van der Waals surface area contributed by atoms with Crippen molar-refractivity contribution >= 4 is 11.8 Å². The maximum Gasteiger partial charge on any atom is 0.203 e. The highest BCUT2D eigenvalue weighted by atomic mass is 32.2. The molecule has 1 aromatic heterocycles. The number of ether oxygens (including phenoxy) is 3. The number of rotatable bonds is 6. The Morgan fingerprint density at radius 2 is 1.62 bits per heavy atom. The number of methoxy groups -OCH3 is 3. The summed E-state index contributed by atoms with van der Waals surface area (Å²) in [6, 6.07) is 12.2. The maximum atomic E-state index is 5.49. The molecule has 0 atom stereocenters. The number of benzene rings is 2. The van der Waals surface area contributed by atoms with Crippen LogP contribution < -0.4 is 14.2 Å². The van der Waals surface area contributed by atoms with Crippen molar-refractivity contribution < 1.29 is 14.2 Å². The molecule has 1 heterocycles. The molecule has 3 rings (SSSR count). The number of aromatic nitrogens is 2. The quantitative estimate of drug-likeness (QED) is 0.598. The van der Waals surface area contributed by atoms with Crippen molar-refractivity contribution in [2.75, 3.05) is 27.6 Å². The zero-order valence-electron chi connectivity index (χ0n) is 15.6. The molecule has 0 aliphatic rings. The van der Waals surface area contributed by atoms with Gasteiger partial charge in [-0.05, 0) is 24.5 Å². The molecule has 0 aliphatic heterocycles. The van der Waals surface area contributed by atoms with Crippen molar-refractivity contribution in [2.45, 2.75) is 4.90 Å². The largest absolute Gasteiger partial charge is 0.493 e. The summed E-state index contributed by atoms with van der Waals surface area (Å²) in [5, 5.41) is 0. The van der Waals surface area contributed by atoms with Gasteiger partial charge in [0.05, 0.1) is 39.0 Å². The Hall–Kier alpha value is -2.60. The lowest BCUT2D eigenvalue weighted by Crippen LogP contribution is -1.97. The zero-order chi connectivity index (χ0) is 18.7. The molecule has 0 spiro atoms. The highest BCUT2D eigenvalue weighted by Gasteiger charge is 2.20. The van der Waals surface area contributed by atoms with E-state index in [2.05, 4.69) is 23.4 Å². The Labute approximate surface area is 157 Å². The van der Waals surface area contributed by atoms with Crippen molar-refractivity contribution in [3.05, 3.63) is 42.7 Å². The Kier molecular flexibility index (Phi) is 5.42. The summed E-state index contributed by atoms with van der Waals surface area (Å²) in [5.74, 6) is 1.79. The van der Waals surface area contributed by atoms with Gasteiger partial charge in [0.2, 0.25) is 5.75 Å². The lowest BCUT2D eigenvalue weighted by atomic mass is 10.0. The molecule has 6 heteroatoms. The number of thioether (sulfide) groups is 1. The molecule has 0 saturated heterocycles. The highest BCUT2D eigenvalue weighted by molar-refractivity contribution is 7.98. The van der Waals surface area contributed by atoms with Crippen LogP contribution in [0.25, 0.3) is 22.5 Å². The molecule has 3 aromatic rings. The predicted octanol–water partition coefficient (Wildman–Crippen LogP) is 4.50. The third-order valence-corrected chi connectivity index (χ3v) is 5.03. The van der Waals surface area contributed by atoms with Gasteiger partial charge < -0.3 is 18.8 Å². The Balaban J connectivity index is 2.24. The number of nitrogens with zero attached hydrogens (tertiary/aromatic N) is 2. The smallest absolute Gasteiger partial charge is 0.203 e. The first-order valence-corrected chi connectivity index (χ1v) is 9.32. The van der Waals surface area contributed by atoms with E-state index in [4.69, 9.17) is 14.2 Å². The van der Waals surface area contributed by atoms with Gasteiger partial charge in [0.25, 0.3) is 0 Å². The average molecular weight is 370 g/mol. The first-order valence-electron chi connectivity index (χ1n) is 8.09. The molecule has 0 amide bonds. The number of hydrogen-bond donors (Lipinski definition) is 0. The van der Waals surface area contributed by atoms with Crippen LogP contribution >= 0.6 is 11.8 Å². The second-order valence-corrected chi connectivity index (χ2v) is 6.52. The van der Waals surface area contributed by atoms with E-state index in [-0.39, 0.29) is 0 Å². The van der Waals surface area contributed by atoms with Crippen molar-refractivity contribution in [2.24, 2.45) is 7.05 Å². The van der Waals surface area contributed by atoms with Gasteiger partial charge in [0.1, 0.15) is 0 Å². The minimum absolute atomic E-state index is 0.570. The van der Waals surface area contributed by atoms with Crippen LogP contribution in [0.3, 0.4) is 0 Å². The lowest BCUT2D eigenvalue weighted by molar-refractivity contribution is 0.324. The van der Waals surface area contributed by atoms with Crippen LogP contribution in [0.5, 0.6) is 17.2 Å². The average Bonchev–Trinajstić information content (AvgIpc) is 3.07. The fourth-order valence-corrected chi connectivity index (χ4v) is 3.62. The molecule has 2 aromatic carbocycles. The highest BCUT2D eigenvalue weighted by Crippen LogP contribution is 2.43. The fraction of sp³-hybridized carbons (Fsp3) is 0.250. The third kappa shape index (κ3) is 3.12. The molecule has 0 unspecified atom stereocenters. The van der Waals surface area contributed by atoms with Crippen molar-refractivity contribution in [1.29, 1.82) is 0 Å². The number of aryl methyl sites for hydroxylation is 1. The summed E-state index contributed by atoms with van der Waals surface area (Å²) < 4.78 is 18.5. The van der Waals surface area contributed by atoms with E-state index in [0.29, 0.717) is 17.2 Å². The van der Waals surface area contributed by atoms with E-state index < -0.39 is 0 Å². The Bertz CT molecular complexity index is 896. The van der Waals surface area contributed by atoms with E-state index in [9.17, 15) is 0 Å². The van der Waals surface area contributed by atoms with Crippen molar-refractivity contribution in [3.8, 4) is 39.8 Å². The minimum Gasteiger partial charge on any atom is -0.493 e. The summed E-state index contributed by atoms with van der Waals surface area (Å²) >= 11 is 1.72. The van der Waals surface area contributed by atoms with Gasteiger partial charge in [0.15, 0.2) is 11.5 Å². The Morgan fingerprint density at radius 3 is 2.19 bits per heavy atom.